The number of hydrogen-bond acceptors (Lipinski definition) is 4. The molecule has 0 saturated heterocycles. The average Bonchev–Trinajstić information content (AvgIpc) is 2.71. The molecule has 19 heavy (non-hydrogen) atoms. The van der Waals surface area contributed by atoms with Crippen LogP contribution in [-0.4, -0.2) is 21.1 Å². The Morgan fingerprint density at radius 2 is 2.21 bits per heavy atom. The van der Waals surface area contributed by atoms with Gasteiger partial charge in [0.25, 0.3) is 0 Å². The maximum absolute atomic E-state index is 11.6. The Morgan fingerprint density at radius 3 is 2.84 bits per heavy atom. The van der Waals surface area contributed by atoms with Gasteiger partial charge in [-0.2, -0.15) is 0 Å². The van der Waals surface area contributed by atoms with E-state index in [1.54, 1.807) is 18.2 Å². The highest BCUT2D eigenvalue weighted by Gasteiger charge is 2.14. The smallest absolute Gasteiger partial charge is 0.298 e. The van der Waals surface area contributed by atoms with Gasteiger partial charge in [-0.1, -0.05) is 11.6 Å². The zero-order valence-electron chi connectivity index (χ0n) is 10.4. The van der Waals surface area contributed by atoms with Gasteiger partial charge in [-0.25, -0.2) is 9.89 Å². The van der Waals surface area contributed by atoms with Gasteiger partial charge in [0.1, 0.15) is 0 Å². The van der Waals surface area contributed by atoms with E-state index >= 15 is 0 Å². The minimum atomic E-state index is -0.271. The molecule has 1 aromatic carbocycles. The average molecular weight is 298 g/mol. The summed E-state index contributed by atoms with van der Waals surface area (Å²) in [5.41, 5.74) is 0.243. The van der Waals surface area contributed by atoms with Crippen LogP contribution < -0.4 is 5.69 Å². The number of hydrogen-bond donors (Lipinski definition) is 1. The Hall–Kier alpha value is -1.53. The number of halogens is 1. The van der Waals surface area contributed by atoms with Gasteiger partial charge >= 0.3 is 5.69 Å². The van der Waals surface area contributed by atoms with Gasteiger partial charge in [0.2, 0.25) is 0 Å². The molecule has 2 rings (SSSR count). The van der Waals surface area contributed by atoms with E-state index in [-0.39, 0.29) is 11.7 Å². The van der Waals surface area contributed by atoms with E-state index in [0.717, 1.165) is 6.29 Å². The zero-order chi connectivity index (χ0) is 14.0. The van der Waals surface area contributed by atoms with Crippen molar-refractivity contribution in [1.29, 1.82) is 0 Å². The molecule has 0 saturated carbocycles. The molecule has 7 heteroatoms. The number of carbonyl (C=O) groups excluding carboxylic acids is 1. The lowest BCUT2D eigenvalue weighted by Crippen LogP contribution is -2.19. The lowest BCUT2D eigenvalue weighted by atomic mass is 10.2. The quantitative estimate of drug-likeness (QED) is 0.881. The van der Waals surface area contributed by atoms with Crippen LogP contribution >= 0.6 is 23.4 Å². The number of aromatic amines is 1. The molecule has 1 heterocycles. The van der Waals surface area contributed by atoms with Crippen LogP contribution in [-0.2, 0) is 0 Å². The minimum Gasteiger partial charge on any atom is -0.298 e. The monoisotopic (exact) mass is 297 g/mol. The van der Waals surface area contributed by atoms with Crippen molar-refractivity contribution in [3.05, 3.63) is 39.3 Å². The molecule has 100 valence electrons. The summed E-state index contributed by atoms with van der Waals surface area (Å²) < 4.78 is 1.53. The molecule has 0 atom stereocenters. The van der Waals surface area contributed by atoms with Crippen LogP contribution in [0.5, 0.6) is 0 Å². The third kappa shape index (κ3) is 2.90. The summed E-state index contributed by atoms with van der Waals surface area (Å²) in [6, 6.07) is 4.95. The van der Waals surface area contributed by atoms with Crippen LogP contribution in [0.3, 0.4) is 0 Å². The SMILES string of the molecule is CC(C)n1c(Sc2cc(Cl)ccc2C=O)n[nH]c1=O. The van der Waals surface area contributed by atoms with Gasteiger partial charge in [-0.3, -0.25) is 9.36 Å². The Morgan fingerprint density at radius 1 is 1.47 bits per heavy atom. The van der Waals surface area contributed by atoms with E-state index in [1.807, 2.05) is 13.8 Å². The van der Waals surface area contributed by atoms with Gasteiger partial charge in [0.05, 0.1) is 0 Å². The molecule has 1 aromatic heterocycles. The fourth-order valence-corrected chi connectivity index (χ4v) is 2.95. The van der Waals surface area contributed by atoms with E-state index in [2.05, 4.69) is 10.2 Å². The zero-order valence-corrected chi connectivity index (χ0v) is 12.0. The van der Waals surface area contributed by atoms with Crippen LogP contribution in [0, 0.1) is 0 Å². The number of nitrogens with zero attached hydrogens (tertiary/aromatic N) is 2. The third-order valence-electron chi connectivity index (χ3n) is 2.49. The van der Waals surface area contributed by atoms with Crippen molar-refractivity contribution in [3.63, 3.8) is 0 Å². The summed E-state index contributed by atoms with van der Waals surface area (Å²) in [4.78, 5) is 23.3. The van der Waals surface area contributed by atoms with Gasteiger partial charge in [-0.05, 0) is 43.8 Å². The largest absolute Gasteiger partial charge is 0.344 e. The number of benzene rings is 1. The molecule has 0 radical (unpaired) electrons. The van der Waals surface area contributed by atoms with E-state index in [0.29, 0.717) is 20.6 Å². The van der Waals surface area contributed by atoms with Crippen LogP contribution in [0.4, 0.5) is 0 Å². The molecule has 0 amide bonds. The van der Waals surface area contributed by atoms with E-state index < -0.39 is 0 Å². The summed E-state index contributed by atoms with van der Waals surface area (Å²) in [5.74, 6) is 0. The second kappa shape index (κ2) is 5.63. The number of H-pyrrole nitrogens is 1. The van der Waals surface area contributed by atoms with Gasteiger partial charge in [0.15, 0.2) is 11.4 Å². The van der Waals surface area contributed by atoms with Crippen LogP contribution in [0.1, 0.15) is 30.2 Å². The second-order valence-corrected chi connectivity index (χ2v) is 5.62. The fourth-order valence-electron chi connectivity index (χ4n) is 1.61. The molecule has 1 N–H and O–H groups in total. The predicted molar refractivity (Wildman–Crippen MR) is 74.2 cm³/mol. The Kier molecular flexibility index (Phi) is 4.11. The van der Waals surface area contributed by atoms with Crippen molar-refractivity contribution in [2.75, 3.05) is 0 Å². The van der Waals surface area contributed by atoms with Gasteiger partial charge in [-0.15, -0.1) is 5.10 Å². The van der Waals surface area contributed by atoms with Crippen molar-refractivity contribution in [1.82, 2.24) is 14.8 Å². The first kappa shape index (κ1) is 13.9. The minimum absolute atomic E-state index is 0.0207. The summed E-state index contributed by atoms with van der Waals surface area (Å²) in [6.07, 6.45) is 0.753. The van der Waals surface area contributed by atoms with Gasteiger partial charge in [0, 0.05) is 21.5 Å². The maximum Gasteiger partial charge on any atom is 0.344 e. The standard InChI is InChI=1S/C12H12ClN3O2S/c1-7(2)16-11(18)14-15-12(16)19-10-5-9(13)4-3-8(10)6-17/h3-7H,1-2H3,(H,14,18). The maximum atomic E-state index is 11.6. The summed E-state index contributed by atoms with van der Waals surface area (Å²) in [6.45, 7) is 3.78. The molecule has 0 spiro atoms. The summed E-state index contributed by atoms with van der Waals surface area (Å²) in [5, 5.41) is 7.41. The molecule has 0 aliphatic carbocycles. The van der Waals surface area contributed by atoms with Crippen molar-refractivity contribution >= 4 is 29.6 Å². The normalized spacial score (nSPS) is 10.9. The van der Waals surface area contributed by atoms with Crippen LogP contribution in [0.15, 0.2) is 33.0 Å². The third-order valence-corrected chi connectivity index (χ3v) is 3.77. The lowest BCUT2D eigenvalue weighted by Gasteiger charge is -2.09. The molecule has 0 aliphatic rings. The Balaban J connectivity index is 2.44. The molecule has 0 bridgehead atoms. The van der Waals surface area contributed by atoms with Crippen molar-refractivity contribution in [3.8, 4) is 0 Å². The molecular weight excluding hydrogens is 286 g/mol. The Bertz CT molecular complexity index is 663. The molecule has 0 fully saturated rings. The number of aldehydes is 1. The number of aromatic nitrogens is 3. The van der Waals surface area contributed by atoms with E-state index in [4.69, 9.17) is 11.6 Å². The highest BCUT2D eigenvalue weighted by Crippen LogP contribution is 2.30. The van der Waals surface area contributed by atoms with Gasteiger partial charge < -0.3 is 0 Å². The summed E-state index contributed by atoms with van der Waals surface area (Å²) in [7, 11) is 0. The first-order valence-electron chi connectivity index (χ1n) is 5.62. The van der Waals surface area contributed by atoms with Crippen LogP contribution in [0.25, 0.3) is 0 Å². The summed E-state index contributed by atoms with van der Waals surface area (Å²) >= 11 is 7.16. The molecular formula is C12H12ClN3O2S. The fraction of sp³-hybridized carbons (Fsp3) is 0.250. The topological polar surface area (TPSA) is 67.8 Å². The first-order chi connectivity index (χ1) is 9.02. The van der Waals surface area contributed by atoms with Crippen LogP contribution in [0.2, 0.25) is 5.02 Å². The highest BCUT2D eigenvalue weighted by molar-refractivity contribution is 7.99. The van der Waals surface area contributed by atoms with E-state index in [1.165, 1.54) is 16.3 Å². The van der Waals surface area contributed by atoms with E-state index in [9.17, 15) is 9.59 Å². The Labute approximate surface area is 119 Å². The number of rotatable bonds is 4. The molecule has 0 aliphatic heterocycles. The lowest BCUT2D eigenvalue weighted by molar-refractivity contribution is 0.112. The molecule has 2 aromatic rings. The number of nitrogens with one attached hydrogen (secondary N) is 1. The van der Waals surface area contributed by atoms with Crippen molar-refractivity contribution in [2.24, 2.45) is 0 Å². The second-order valence-electron chi connectivity index (χ2n) is 4.18. The molecule has 5 nitrogen and oxygen atoms in total. The van der Waals surface area contributed by atoms with Crippen molar-refractivity contribution < 1.29 is 4.79 Å². The first-order valence-corrected chi connectivity index (χ1v) is 6.82. The predicted octanol–water partition coefficient (Wildman–Crippen LogP) is 2.77. The molecule has 0 unspecified atom stereocenters. The highest BCUT2D eigenvalue weighted by atomic mass is 35.5. The van der Waals surface area contributed by atoms with Crippen molar-refractivity contribution in [2.45, 2.75) is 29.9 Å². The number of carbonyl (C=O) groups is 1.